The number of carboxylic acid groups (broad SMARTS) is 1. The fourth-order valence-corrected chi connectivity index (χ4v) is 3.20. The lowest BCUT2D eigenvalue weighted by molar-refractivity contribution is -0.145. The number of benzene rings is 1. The summed E-state index contributed by atoms with van der Waals surface area (Å²) in [7, 11) is 0. The van der Waals surface area contributed by atoms with Crippen molar-refractivity contribution in [2.75, 3.05) is 13.2 Å². The van der Waals surface area contributed by atoms with E-state index in [2.05, 4.69) is 5.32 Å². The van der Waals surface area contributed by atoms with Gasteiger partial charge in [-0.25, -0.2) is 4.79 Å². The lowest BCUT2D eigenvalue weighted by Crippen LogP contribution is -2.54. The van der Waals surface area contributed by atoms with Crippen molar-refractivity contribution in [3.8, 4) is 11.5 Å². The van der Waals surface area contributed by atoms with Crippen molar-refractivity contribution >= 4 is 11.9 Å². The Morgan fingerprint density at radius 3 is 2.30 bits per heavy atom. The summed E-state index contributed by atoms with van der Waals surface area (Å²) in [6.45, 7) is 0.928. The molecule has 0 bridgehead atoms. The van der Waals surface area contributed by atoms with Crippen molar-refractivity contribution in [2.24, 2.45) is 0 Å². The van der Waals surface area contributed by atoms with Crippen LogP contribution in [-0.4, -0.2) is 35.7 Å². The van der Waals surface area contributed by atoms with E-state index < -0.39 is 11.5 Å². The quantitative estimate of drug-likeness (QED) is 0.836. The average molecular weight is 319 g/mol. The fraction of sp³-hybridized carbons (Fsp3) is 0.529. The van der Waals surface area contributed by atoms with Gasteiger partial charge in [-0.2, -0.15) is 0 Å². The number of carbonyl (C=O) groups is 2. The van der Waals surface area contributed by atoms with Gasteiger partial charge in [-0.15, -0.1) is 0 Å². The van der Waals surface area contributed by atoms with Crippen molar-refractivity contribution in [1.82, 2.24) is 5.32 Å². The molecule has 2 aliphatic rings. The summed E-state index contributed by atoms with van der Waals surface area (Å²) in [5.41, 5.74) is -0.778. The van der Waals surface area contributed by atoms with Crippen molar-refractivity contribution in [3.63, 3.8) is 0 Å². The van der Waals surface area contributed by atoms with Crippen LogP contribution in [0.1, 0.15) is 48.9 Å². The Kier molecular flexibility index (Phi) is 4.41. The number of hydrogen-bond donors (Lipinski definition) is 2. The molecule has 3 rings (SSSR count). The first kappa shape index (κ1) is 15.6. The first-order valence-corrected chi connectivity index (χ1v) is 8.06. The SMILES string of the molecule is O=C(NC1(C(=O)O)CCCCCC1)c1ccc2c(c1)OCCO2. The van der Waals surface area contributed by atoms with E-state index in [4.69, 9.17) is 9.47 Å². The molecule has 1 aliphatic carbocycles. The molecule has 6 nitrogen and oxygen atoms in total. The van der Waals surface area contributed by atoms with Crippen molar-refractivity contribution < 1.29 is 24.2 Å². The molecule has 6 heteroatoms. The van der Waals surface area contributed by atoms with Gasteiger partial charge in [0.05, 0.1) is 0 Å². The summed E-state index contributed by atoms with van der Waals surface area (Å²) in [5, 5.41) is 12.4. The van der Waals surface area contributed by atoms with E-state index in [-0.39, 0.29) is 5.91 Å². The number of carboxylic acids is 1. The molecule has 1 aromatic carbocycles. The zero-order valence-corrected chi connectivity index (χ0v) is 13.0. The largest absolute Gasteiger partial charge is 0.486 e. The summed E-state index contributed by atoms with van der Waals surface area (Å²) in [6.07, 6.45) is 4.59. The Balaban J connectivity index is 1.80. The minimum absolute atomic E-state index is 0.383. The second kappa shape index (κ2) is 6.48. The third-order valence-electron chi connectivity index (χ3n) is 4.52. The van der Waals surface area contributed by atoms with Gasteiger partial charge in [0, 0.05) is 5.56 Å². The molecule has 23 heavy (non-hydrogen) atoms. The lowest BCUT2D eigenvalue weighted by Gasteiger charge is -2.29. The third kappa shape index (κ3) is 3.25. The number of nitrogens with one attached hydrogen (secondary N) is 1. The van der Waals surface area contributed by atoms with E-state index in [9.17, 15) is 14.7 Å². The van der Waals surface area contributed by atoms with Crippen LogP contribution in [0.15, 0.2) is 18.2 Å². The van der Waals surface area contributed by atoms with Crippen molar-refractivity contribution in [1.29, 1.82) is 0 Å². The van der Waals surface area contributed by atoms with E-state index in [0.29, 0.717) is 43.1 Å². The second-order valence-corrected chi connectivity index (χ2v) is 6.11. The zero-order valence-electron chi connectivity index (χ0n) is 13.0. The minimum Gasteiger partial charge on any atom is -0.486 e. The van der Waals surface area contributed by atoms with Crippen LogP contribution >= 0.6 is 0 Å². The molecule has 0 unspecified atom stereocenters. The number of aliphatic carboxylic acids is 1. The molecule has 0 aromatic heterocycles. The zero-order chi connectivity index (χ0) is 16.3. The standard InChI is InChI=1S/C17H21NO5/c19-15(12-5-6-13-14(11-12)23-10-9-22-13)18-17(16(20)21)7-3-1-2-4-8-17/h5-6,11H,1-4,7-10H2,(H,18,19)(H,20,21). The Bertz CT molecular complexity index is 605. The number of amides is 1. The van der Waals surface area contributed by atoms with Gasteiger partial charge in [0.25, 0.3) is 5.91 Å². The van der Waals surface area contributed by atoms with E-state index >= 15 is 0 Å². The first-order chi connectivity index (χ1) is 11.1. The van der Waals surface area contributed by atoms with Crippen LogP contribution in [0.3, 0.4) is 0 Å². The van der Waals surface area contributed by atoms with Crippen LogP contribution in [0.25, 0.3) is 0 Å². The van der Waals surface area contributed by atoms with E-state index in [1.165, 1.54) is 0 Å². The smallest absolute Gasteiger partial charge is 0.329 e. The Hall–Kier alpha value is -2.24. The van der Waals surface area contributed by atoms with Gasteiger partial charge in [-0.1, -0.05) is 25.7 Å². The van der Waals surface area contributed by atoms with Crippen LogP contribution in [-0.2, 0) is 4.79 Å². The highest BCUT2D eigenvalue weighted by molar-refractivity contribution is 5.98. The summed E-state index contributed by atoms with van der Waals surface area (Å²) < 4.78 is 10.9. The molecule has 1 saturated carbocycles. The summed E-state index contributed by atoms with van der Waals surface area (Å²) >= 11 is 0. The van der Waals surface area contributed by atoms with E-state index in [1.807, 2.05) is 0 Å². The molecule has 1 heterocycles. The molecule has 0 saturated heterocycles. The first-order valence-electron chi connectivity index (χ1n) is 8.06. The van der Waals surface area contributed by atoms with Gasteiger partial charge in [-0.05, 0) is 31.0 Å². The molecule has 0 radical (unpaired) electrons. The average Bonchev–Trinajstić information content (AvgIpc) is 2.81. The Morgan fingerprint density at radius 1 is 1.00 bits per heavy atom. The van der Waals surface area contributed by atoms with Gasteiger partial charge in [0.1, 0.15) is 18.8 Å². The summed E-state index contributed by atoms with van der Waals surface area (Å²) in [4.78, 5) is 24.3. The maximum absolute atomic E-state index is 12.5. The topological polar surface area (TPSA) is 84.9 Å². The lowest BCUT2D eigenvalue weighted by atomic mass is 9.90. The predicted molar refractivity (Wildman–Crippen MR) is 83.0 cm³/mol. The predicted octanol–water partition coefficient (Wildman–Crippen LogP) is 2.37. The van der Waals surface area contributed by atoms with Crippen LogP contribution in [0, 0.1) is 0 Å². The van der Waals surface area contributed by atoms with Crippen LogP contribution < -0.4 is 14.8 Å². The molecule has 1 aromatic rings. The summed E-state index contributed by atoms with van der Waals surface area (Å²) in [5.74, 6) is -0.207. The third-order valence-corrected chi connectivity index (χ3v) is 4.52. The minimum atomic E-state index is -1.17. The second-order valence-electron chi connectivity index (χ2n) is 6.11. The number of hydrogen-bond acceptors (Lipinski definition) is 4. The molecule has 2 N–H and O–H groups in total. The highest BCUT2D eigenvalue weighted by Crippen LogP contribution is 2.32. The van der Waals surface area contributed by atoms with Crippen molar-refractivity contribution in [2.45, 2.75) is 44.1 Å². The fourth-order valence-electron chi connectivity index (χ4n) is 3.20. The Labute approximate surface area is 134 Å². The van der Waals surface area contributed by atoms with Gasteiger partial charge in [-0.3, -0.25) is 4.79 Å². The number of carbonyl (C=O) groups excluding carboxylic acids is 1. The van der Waals surface area contributed by atoms with Gasteiger partial charge < -0.3 is 19.9 Å². The Morgan fingerprint density at radius 2 is 1.65 bits per heavy atom. The molecular weight excluding hydrogens is 298 g/mol. The molecule has 124 valence electrons. The molecule has 0 atom stereocenters. The molecular formula is C17H21NO5. The van der Waals surface area contributed by atoms with Crippen LogP contribution in [0.2, 0.25) is 0 Å². The molecule has 1 aliphatic heterocycles. The highest BCUT2D eigenvalue weighted by Gasteiger charge is 2.40. The van der Waals surface area contributed by atoms with E-state index in [1.54, 1.807) is 18.2 Å². The number of ether oxygens (including phenoxy) is 2. The molecule has 0 spiro atoms. The maximum Gasteiger partial charge on any atom is 0.329 e. The van der Waals surface area contributed by atoms with Crippen molar-refractivity contribution in [3.05, 3.63) is 23.8 Å². The van der Waals surface area contributed by atoms with E-state index in [0.717, 1.165) is 25.7 Å². The van der Waals surface area contributed by atoms with Gasteiger partial charge in [0.2, 0.25) is 0 Å². The van der Waals surface area contributed by atoms with Crippen LogP contribution in [0.4, 0.5) is 0 Å². The number of rotatable bonds is 3. The van der Waals surface area contributed by atoms with Gasteiger partial charge in [0.15, 0.2) is 11.5 Å². The molecule has 1 amide bonds. The molecule has 1 fully saturated rings. The summed E-state index contributed by atoms with van der Waals surface area (Å²) in [6, 6.07) is 4.93. The van der Waals surface area contributed by atoms with Gasteiger partial charge >= 0.3 is 5.97 Å². The maximum atomic E-state index is 12.5. The highest BCUT2D eigenvalue weighted by atomic mass is 16.6. The van der Waals surface area contributed by atoms with Crippen LogP contribution in [0.5, 0.6) is 11.5 Å². The monoisotopic (exact) mass is 319 g/mol. The number of fused-ring (bicyclic) bond motifs is 1. The normalized spacial score (nSPS) is 19.5.